The minimum Gasteiger partial charge on any atom is -0.461 e. The summed E-state index contributed by atoms with van der Waals surface area (Å²) in [7, 11) is 0. The van der Waals surface area contributed by atoms with Gasteiger partial charge in [-0.1, -0.05) is 49.6 Å². The molecule has 0 amide bonds. The summed E-state index contributed by atoms with van der Waals surface area (Å²) in [5.74, 6) is -5.32. The van der Waals surface area contributed by atoms with Crippen molar-refractivity contribution in [3.05, 3.63) is 35.9 Å². The molecule has 2 saturated carbocycles. The van der Waals surface area contributed by atoms with E-state index >= 15 is 4.39 Å². The van der Waals surface area contributed by atoms with Crippen molar-refractivity contribution in [1.29, 1.82) is 0 Å². The fourth-order valence-corrected chi connectivity index (χ4v) is 4.35. The normalized spacial score (nSPS) is 28.3. The number of halogens is 3. The van der Waals surface area contributed by atoms with Crippen LogP contribution in [0, 0.1) is 11.8 Å². The molecule has 1 aromatic rings. The van der Waals surface area contributed by atoms with Crippen LogP contribution in [0.5, 0.6) is 0 Å². The lowest BCUT2D eigenvalue weighted by atomic mass is 9.65. The SMILES string of the molecule is O=C(OCc1ccccc1)C1CC(F)(F)CCC1C1(F)CCCCC1. The van der Waals surface area contributed by atoms with Crippen molar-refractivity contribution < 1.29 is 22.7 Å². The number of carbonyl (C=O) groups is 1. The lowest BCUT2D eigenvalue weighted by Crippen LogP contribution is -2.48. The Morgan fingerprint density at radius 2 is 1.72 bits per heavy atom. The van der Waals surface area contributed by atoms with Crippen molar-refractivity contribution in [2.45, 2.75) is 69.6 Å². The molecule has 0 N–H and O–H groups in total. The van der Waals surface area contributed by atoms with Gasteiger partial charge in [0.05, 0.1) is 5.92 Å². The summed E-state index contributed by atoms with van der Waals surface area (Å²) in [6, 6.07) is 9.09. The van der Waals surface area contributed by atoms with Crippen LogP contribution >= 0.6 is 0 Å². The third kappa shape index (κ3) is 4.36. The zero-order valence-corrected chi connectivity index (χ0v) is 14.4. The predicted octanol–water partition coefficient (Wildman–Crippen LogP) is 5.45. The molecule has 2 unspecified atom stereocenters. The van der Waals surface area contributed by atoms with Crippen LogP contribution in [-0.2, 0) is 16.1 Å². The average Bonchev–Trinajstić information content (AvgIpc) is 2.60. The first-order valence-corrected chi connectivity index (χ1v) is 9.17. The number of hydrogen-bond acceptors (Lipinski definition) is 2. The molecule has 0 spiro atoms. The van der Waals surface area contributed by atoms with E-state index in [0.717, 1.165) is 24.8 Å². The second kappa shape index (κ2) is 7.38. The third-order valence-electron chi connectivity index (χ3n) is 5.70. The number of carbonyl (C=O) groups excluding carboxylic acids is 1. The highest BCUT2D eigenvalue weighted by Crippen LogP contribution is 2.50. The summed E-state index contributed by atoms with van der Waals surface area (Å²) in [6.45, 7) is 0.0355. The molecule has 2 aliphatic rings. The smallest absolute Gasteiger partial charge is 0.309 e. The van der Waals surface area contributed by atoms with Gasteiger partial charge >= 0.3 is 5.97 Å². The lowest BCUT2D eigenvalue weighted by Gasteiger charge is -2.44. The van der Waals surface area contributed by atoms with Gasteiger partial charge in [-0.05, 0) is 24.8 Å². The topological polar surface area (TPSA) is 26.3 Å². The first-order valence-electron chi connectivity index (χ1n) is 9.17. The predicted molar refractivity (Wildman–Crippen MR) is 88.9 cm³/mol. The van der Waals surface area contributed by atoms with E-state index in [9.17, 15) is 13.6 Å². The summed E-state index contributed by atoms with van der Waals surface area (Å²) >= 11 is 0. The lowest BCUT2D eigenvalue weighted by molar-refractivity contribution is -0.169. The van der Waals surface area contributed by atoms with E-state index in [1.807, 2.05) is 18.2 Å². The van der Waals surface area contributed by atoms with E-state index in [0.29, 0.717) is 12.8 Å². The van der Waals surface area contributed by atoms with E-state index < -0.39 is 35.8 Å². The summed E-state index contributed by atoms with van der Waals surface area (Å²) in [6.07, 6.45) is 2.33. The first-order chi connectivity index (χ1) is 11.9. The molecule has 1 aromatic carbocycles. The van der Waals surface area contributed by atoms with Gasteiger partial charge in [0.1, 0.15) is 12.3 Å². The molecule has 25 heavy (non-hydrogen) atoms. The second-order valence-corrected chi connectivity index (χ2v) is 7.50. The Morgan fingerprint density at radius 3 is 2.40 bits per heavy atom. The van der Waals surface area contributed by atoms with Gasteiger partial charge in [0.25, 0.3) is 0 Å². The van der Waals surface area contributed by atoms with Gasteiger partial charge in [0, 0.05) is 18.8 Å². The highest BCUT2D eigenvalue weighted by Gasteiger charge is 2.53. The highest BCUT2D eigenvalue weighted by atomic mass is 19.3. The first kappa shape index (κ1) is 18.3. The van der Waals surface area contributed by atoms with Crippen LogP contribution in [0.3, 0.4) is 0 Å². The quantitative estimate of drug-likeness (QED) is 0.672. The number of alkyl halides is 3. The van der Waals surface area contributed by atoms with Crippen molar-refractivity contribution in [2.75, 3.05) is 0 Å². The Morgan fingerprint density at radius 1 is 1.04 bits per heavy atom. The number of rotatable bonds is 4. The van der Waals surface area contributed by atoms with Crippen molar-refractivity contribution >= 4 is 5.97 Å². The van der Waals surface area contributed by atoms with Gasteiger partial charge in [-0.2, -0.15) is 0 Å². The molecule has 0 bridgehead atoms. The van der Waals surface area contributed by atoms with Crippen LogP contribution in [0.1, 0.15) is 56.9 Å². The van der Waals surface area contributed by atoms with Crippen LogP contribution in [-0.4, -0.2) is 17.6 Å². The van der Waals surface area contributed by atoms with E-state index in [1.54, 1.807) is 12.1 Å². The molecule has 2 atom stereocenters. The third-order valence-corrected chi connectivity index (χ3v) is 5.70. The molecule has 0 heterocycles. The van der Waals surface area contributed by atoms with Gasteiger partial charge in [-0.25, -0.2) is 13.2 Å². The average molecular weight is 354 g/mol. The maximum absolute atomic E-state index is 15.4. The molecular formula is C20H25F3O2. The van der Waals surface area contributed by atoms with Crippen LogP contribution < -0.4 is 0 Å². The highest BCUT2D eigenvalue weighted by molar-refractivity contribution is 5.73. The molecule has 0 saturated heterocycles. The maximum Gasteiger partial charge on any atom is 0.309 e. The van der Waals surface area contributed by atoms with Crippen LogP contribution in [0.25, 0.3) is 0 Å². The largest absolute Gasteiger partial charge is 0.461 e. The van der Waals surface area contributed by atoms with Gasteiger partial charge < -0.3 is 4.74 Å². The number of esters is 1. The van der Waals surface area contributed by atoms with Gasteiger partial charge in [-0.3, -0.25) is 4.79 Å². The zero-order valence-electron chi connectivity index (χ0n) is 14.4. The van der Waals surface area contributed by atoms with Gasteiger partial charge in [-0.15, -0.1) is 0 Å². The molecule has 2 fully saturated rings. The van der Waals surface area contributed by atoms with Crippen LogP contribution in [0.2, 0.25) is 0 Å². The number of ether oxygens (including phenoxy) is 1. The molecule has 2 nitrogen and oxygen atoms in total. The van der Waals surface area contributed by atoms with E-state index in [1.165, 1.54) is 0 Å². The number of benzene rings is 1. The molecule has 3 rings (SSSR count). The summed E-state index contributed by atoms with van der Waals surface area (Å²) in [4.78, 5) is 12.5. The Labute approximate surface area is 146 Å². The number of hydrogen-bond donors (Lipinski definition) is 0. The molecule has 2 aliphatic carbocycles. The van der Waals surface area contributed by atoms with Crippen molar-refractivity contribution in [3.63, 3.8) is 0 Å². The molecule has 0 aromatic heterocycles. The Bertz CT molecular complexity index is 582. The minimum atomic E-state index is -2.92. The standard InChI is InChI=1S/C20H25F3O2/c21-19(10-5-2-6-11-19)17-9-12-20(22,23)13-16(17)18(24)25-14-15-7-3-1-4-8-15/h1,3-4,7-8,16-17H,2,5-6,9-14H2. The maximum atomic E-state index is 15.4. The summed E-state index contributed by atoms with van der Waals surface area (Å²) < 4.78 is 48.5. The monoisotopic (exact) mass is 354 g/mol. The molecular weight excluding hydrogens is 329 g/mol. The van der Waals surface area contributed by atoms with E-state index in [4.69, 9.17) is 4.74 Å². The van der Waals surface area contributed by atoms with Crippen LogP contribution in [0.4, 0.5) is 13.2 Å². The molecule has 0 radical (unpaired) electrons. The van der Waals surface area contributed by atoms with E-state index in [2.05, 4.69) is 0 Å². The van der Waals surface area contributed by atoms with Gasteiger partial charge in [0.2, 0.25) is 5.92 Å². The summed E-state index contributed by atoms with van der Waals surface area (Å²) in [5, 5.41) is 0. The Hall–Kier alpha value is -1.52. The Balaban J connectivity index is 1.72. The Kier molecular flexibility index (Phi) is 5.40. The fourth-order valence-electron chi connectivity index (χ4n) is 4.35. The second-order valence-electron chi connectivity index (χ2n) is 7.50. The molecule has 138 valence electrons. The molecule has 0 aliphatic heterocycles. The van der Waals surface area contributed by atoms with Gasteiger partial charge in [0.15, 0.2) is 0 Å². The van der Waals surface area contributed by atoms with E-state index in [-0.39, 0.29) is 19.4 Å². The zero-order chi connectivity index (χ0) is 17.9. The van der Waals surface area contributed by atoms with Crippen molar-refractivity contribution in [2.24, 2.45) is 11.8 Å². The fraction of sp³-hybridized carbons (Fsp3) is 0.650. The molecule has 5 heteroatoms. The van der Waals surface area contributed by atoms with Crippen molar-refractivity contribution in [1.82, 2.24) is 0 Å². The van der Waals surface area contributed by atoms with Crippen LogP contribution in [0.15, 0.2) is 30.3 Å². The minimum absolute atomic E-state index is 0.0355. The van der Waals surface area contributed by atoms with Crippen molar-refractivity contribution in [3.8, 4) is 0 Å². The summed E-state index contributed by atoms with van der Waals surface area (Å²) in [5.41, 5.74) is -0.715.